The lowest BCUT2D eigenvalue weighted by molar-refractivity contribution is -0.0494. The second kappa shape index (κ2) is 10.8. The van der Waals surface area contributed by atoms with E-state index >= 15 is 0 Å². The van der Waals surface area contributed by atoms with Gasteiger partial charge in [-0.1, -0.05) is 19.9 Å². The fourth-order valence-corrected chi connectivity index (χ4v) is 3.91. The Hall–Kier alpha value is -4.27. The summed E-state index contributed by atoms with van der Waals surface area (Å²) in [5.74, 6) is -0.899. The van der Waals surface area contributed by atoms with Crippen molar-refractivity contribution in [1.29, 1.82) is 0 Å². The third-order valence-electron chi connectivity index (χ3n) is 5.69. The van der Waals surface area contributed by atoms with Crippen molar-refractivity contribution in [2.24, 2.45) is 5.92 Å². The van der Waals surface area contributed by atoms with E-state index in [0.29, 0.717) is 28.6 Å². The zero-order chi connectivity index (χ0) is 26.7. The monoisotopic (exact) mass is 510 g/mol. The first-order chi connectivity index (χ1) is 17.7. The third kappa shape index (κ3) is 5.61. The van der Waals surface area contributed by atoms with Crippen LogP contribution in [0.1, 0.15) is 34.6 Å². The van der Waals surface area contributed by atoms with Gasteiger partial charge in [0.05, 0.1) is 5.56 Å². The number of fused-ring (bicyclic) bond motifs is 1. The molecule has 0 radical (unpaired) electrons. The molecule has 0 aliphatic rings. The van der Waals surface area contributed by atoms with Crippen LogP contribution in [0.15, 0.2) is 65.1 Å². The number of rotatable bonds is 8. The summed E-state index contributed by atoms with van der Waals surface area (Å²) < 4.78 is 50.5. The molecular weight excluding hydrogens is 485 g/mol. The van der Waals surface area contributed by atoms with Crippen LogP contribution in [0.4, 0.5) is 13.2 Å². The van der Waals surface area contributed by atoms with Crippen LogP contribution >= 0.6 is 0 Å². The standard InChI is InChI=1S/C28H25F3N2O4/c1-15(2)14-33-26(34)18-7-11-22(37-28(30)31)20(13-18)17-6-10-23-21(12-17)24(27(35)32-3)25(36-23)16-4-8-19(29)9-5-16/h4-13,15,28H,14H2,1-3H3,(H,32,35)(H,33,34). The molecule has 0 aliphatic heterocycles. The number of hydrogen-bond acceptors (Lipinski definition) is 4. The number of furan rings is 1. The molecule has 0 fully saturated rings. The normalized spacial score (nSPS) is 11.2. The molecule has 0 saturated carbocycles. The fraction of sp³-hybridized carbons (Fsp3) is 0.214. The minimum atomic E-state index is -3.08. The average Bonchev–Trinajstić information content (AvgIpc) is 3.25. The van der Waals surface area contributed by atoms with Gasteiger partial charge in [0, 0.05) is 35.7 Å². The van der Waals surface area contributed by atoms with Crippen molar-refractivity contribution in [3.8, 4) is 28.2 Å². The molecule has 0 bridgehead atoms. The number of amides is 2. The van der Waals surface area contributed by atoms with E-state index in [0.717, 1.165) is 0 Å². The second-order valence-electron chi connectivity index (χ2n) is 8.80. The summed E-state index contributed by atoms with van der Waals surface area (Å²) in [6.07, 6.45) is 0. The van der Waals surface area contributed by atoms with Crippen LogP contribution in [-0.4, -0.2) is 32.0 Å². The number of alkyl halides is 2. The Morgan fingerprint density at radius 2 is 1.65 bits per heavy atom. The highest BCUT2D eigenvalue weighted by Gasteiger charge is 2.23. The summed E-state index contributed by atoms with van der Waals surface area (Å²) in [7, 11) is 1.47. The van der Waals surface area contributed by atoms with Gasteiger partial charge < -0.3 is 19.8 Å². The molecule has 4 rings (SSSR count). The van der Waals surface area contributed by atoms with Crippen molar-refractivity contribution < 1.29 is 31.9 Å². The zero-order valence-electron chi connectivity index (χ0n) is 20.4. The molecule has 192 valence electrons. The molecule has 2 amide bonds. The van der Waals surface area contributed by atoms with E-state index < -0.39 is 18.3 Å². The third-order valence-corrected chi connectivity index (χ3v) is 5.69. The summed E-state index contributed by atoms with van der Waals surface area (Å²) in [6.45, 7) is 1.28. The molecule has 37 heavy (non-hydrogen) atoms. The lowest BCUT2D eigenvalue weighted by Crippen LogP contribution is -2.27. The smallest absolute Gasteiger partial charge is 0.387 e. The first-order valence-corrected chi connectivity index (χ1v) is 11.6. The molecule has 6 nitrogen and oxygen atoms in total. The van der Waals surface area contributed by atoms with Crippen molar-refractivity contribution in [1.82, 2.24) is 10.6 Å². The van der Waals surface area contributed by atoms with Gasteiger partial charge in [-0.25, -0.2) is 4.39 Å². The maximum Gasteiger partial charge on any atom is 0.387 e. The van der Waals surface area contributed by atoms with E-state index in [1.165, 1.54) is 49.5 Å². The van der Waals surface area contributed by atoms with E-state index in [-0.39, 0.29) is 40.0 Å². The lowest BCUT2D eigenvalue weighted by Gasteiger charge is -2.14. The Morgan fingerprint density at radius 1 is 0.946 bits per heavy atom. The molecule has 0 atom stereocenters. The molecule has 4 aromatic rings. The molecule has 0 unspecified atom stereocenters. The second-order valence-corrected chi connectivity index (χ2v) is 8.80. The van der Waals surface area contributed by atoms with E-state index in [9.17, 15) is 22.8 Å². The Labute approximate surface area is 211 Å². The quantitative estimate of drug-likeness (QED) is 0.294. The van der Waals surface area contributed by atoms with Crippen LogP contribution in [0.25, 0.3) is 33.4 Å². The lowest BCUT2D eigenvalue weighted by atomic mass is 9.98. The topological polar surface area (TPSA) is 80.6 Å². The molecule has 0 spiro atoms. The van der Waals surface area contributed by atoms with Crippen LogP contribution in [0.5, 0.6) is 5.75 Å². The van der Waals surface area contributed by atoms with Gasteiger partial charge in [-0.3, -0.25) is 9.59 Å². The fourth-order valence-electron chi connectivity index (χ4n) is 3.91. The number of halogens is 3. The van der Waals surface area contributed by atoms with Crippen LogP contribution in [0.2, 0.25) is 0 Å². The van der Waals surface area contributed by atoms with Crippen molar-refractivity contribution >= 4 is 22.8 Å². The average molecular weight is 511 g/mol. The van der Waals surface area contributed by atoms with Gasteiger partial charge in [0.15, 0.2) is 0 Å². The number of nitrogens with one attached hydrogen (secondary N) is 2. The van der Waals surface area contributed by atoms with E-state index in [1.54, 1.807) is 18.2 Å². The number of benzene rings is 3. The predicted octanol–water partition coefficient (Wildman–Crippen LogP) is 6.25. The molecule has 0 aliphatic carbocycles. The van der Waals surface area contributed by atoms with Crippen molar-refractivity contribution in [2.75, 3.05) is 13.6 Å². The first kappa shape index (κ1) is 25.8. The SMILES string of the molecule is CNC(=O)c1c(-c2ccc(F)cc2)oc2ccc(-c3cc(C(=O)NCC(C)C)ccc3OC(F)F)cc12. The molecule has 1 heterocycles. The van der Waals surface area contributed by atoms with Crippen molar-refractivity contribution in [3.63, 3.8) is 0 Å². The Kier molecular flexibility index (Phi) is 7.52. The summed E-state index contributed by atoms with van der Waals surface area (Å²) in [5.41, 5.74) is 1.99. The van der Waals surface area contributed by atoms with E-state index in [2.05, 4.69) is 10.6 Å². The van der Waals surface area contributed by atoms with Gasteiger partial charge in [-0.2, -0.15) is 8.78 Å². The number of carbonyl (C=O) groups is 2. The van der Waals surface area contributed by atoms with Gasteiger partial charge in [0.25, 0.3) is 11.8 Å². The molecule has 2 N–H and O–H groups in total. The molecule has 3 aromatic carbocycles. The largest absolute Gasteiger partial charge is 0.455 e. The van der Waals surface area contributed by atoms with Gasteiger partial charge >= 0.3 is 6.61 Å². The zero-order valence-corrected chi connectivity index (χ0v) is 20.4. The van der Waals surface area contributed by atoms with Crippen LogP contribution in [-0.2, 0) is 0 Å². The molecule has 1 aromatic heterocycles. The van der Waals surface area contributed by atoms with Crippen LogP contribution in [0, 0.1) is 11.7 Å². The summed E-state index contributed by atoms with van der Waals surface area (Å²) >= 11 is 0. The number of hydrogen-bond donors (Lipinski definition) is 2. The van der Waals surface area contributed by atoms with Gasteiger partial charge in [-0.15, -0.1) is 0 Å². The minimum absolute atomic E-state index is 0.126. The summed E-state index contributed by atoms with van der Waals surface area (Å²) in [5, 5.41) is 5.79. The van der Waals surface area contributed by atoms with Crippen molar-refractivity contribution in [2.45, 2.75) is 20.5 Å². The van der Waals surface area contributed by atoms with Crippen LogP contribution in [0.3, 0.4) is 0 Å². The van der Waals surface area contributed by atoms with Crippen LogP contribution < -0.4 is 15.4 Å². The Bertz CT molecular complexity index is 1450. The minimum Gasteiger partial charge on any atom is -0.455 e. The van der Waals surface area contributed by atoms with E-state index in [4.69, 9.17) is 9.15 Å². The highest BCUT2D eigenvalue weighted by atomic mass is 19.3. The first-order valence-electron chi connectivity index (χ1n) is 11.6. The molecule has 9 heteroatoms. The molecular formula is C28H25F3N2O4. The van der Waals surface area contributed by atoms with E-state index in [1.807, 2.05) is 13.8 Å². The summed E-state index contributed by atoms with van der Waals surface area (Å²) in [6, 6.07) is 14.5. The maximum atomic E-state index is 13.5. The van der Waals surface area contributed by atoms with Crippen molar-refractivity contribution in [3.05, 3.63) is 77.6 Å². The Balaban J connectivity index is 1.87. The van der Waals surface area contributed by atoms with Gasteiger partial charge in [0.2, 0.25) is 0 Å². The summed E-state index contributed by atoms with van der Waals surface area (Å²) in [4.78, 5) is 25.5. The number of carbonyl (C=O) groups excluding carboxylic acids is 2. The highest BCUT2D eigenvalue weighted by Crippen LogP contribution is 2.39. The van der Waals surface area contributed by atoms with Gasteiger partial charge in [-0.05, 0) is 66.1 Å². The highest BCUT2D eigenvalue weighted by molar-refractivity contribution is 6.12. The van der Waals surface area contributed by atoms with Gasteiger partial charge in [0.1, 0.15) is 22.9 Å². The Morgan fingerprint density at radius 3 is 2.30 bits per heavy atom. The predicted molar refractivity (Wildman–Crippen MR) is 134 cm³/mol. The molecule has 0 saturated heterocycles. The number of ether oxygens (including phenoxy) is 1. The maximum absolute atomic E-state index is 13.5.